The fourth-order valence-electron chi connectivity index (χ4n) is 2.98. The topological polar surface area (TPSA) is 59.0 Å². The van der Waals surface area contributed by atoms with E-state index < -0.39 is 5.82 Å². The van der Waals surface area contributed by atoms with E-state index in [1.807, 2.05) is 18.2 Å². The zero-order valence-corrected chi connectivity index (χ0v) is 15.7. The lowest BCUT2D eigenvalue weighted by Gasteiger charge is -2.13. The second kappa shape index (κ2) is 8.66. The zero-order chi connectivity index (χ0) is 19.2. The Labute approximate surface area is 158 Å². The molecule has 1 amide bonds. The summed E-state index contributed by atoms with van der Waals surface area (Å²) in [6.45, 7) is 6.44. The van der Waals surface area contributed by atoms with Crippen molar-refractivity contribution in [3.8, 4) is 0 Å². The number of fused-ring (bicyclic) bond motifs is 1. The van der Waals surface area contributed by atoms with Gasteiger partial charge in [-0.2, -0.15) is 0 Å². The van der Waals surface area contributed by atoms with Gasteiger partial charge in [0.05, 0.1) is 11.0 Å². The van der Waals surface area contributed by atoms with Gasteiger partial charge in [-0.1, -0.05) is 32.0 Å². The van der Waals surface area contributed by atoms with Gasteiger partial charge in [-0.25, -0.2) is 9.37 Å². The van der Waals surface area contributed by atoms with E-state index in [1.54, 1.807) is 6.07 Å². The van der Waals surface area contributed by atoms with E-state index in [1.165, 1.54) is 18.2 Å². The Morgan fingerprint density at radius 3 is 2.74 bits per heavy atom. The van der Waals surface area contributed by atoms with E-state index in [0.717, 1.165) is 29.9 Å². The van der Waals surface area contributed by atoms with Crippen molar-refractivity contribution in [3.63, 3.8) is 0 Å². The van der Waals surface area contributed by atoms with Gasteiger partial charge in [-0.15, -0.1) is 0 Å². The maximum absolute atomic E-state index is 13.2. The minimum atomic E-state index is -0.409. The molecule has 0 atom stereocenters. The smallest absolute Gasteiger partial charge is 0.251 e. The monoisotopic (exact) mass is 368 g/mol. The molecule has 2 N–H and O–H groups in total. The van der Waals surface area contributed by atoms with E-state index in [4.69, 9.17) is 0 Å². The number of carbonyl (C=O) groups is 1. The number of anilines is 1. The van der Waals surface area contributed by atoms with Crippen LogP contribution in [0.25, 0.3) is 11.0 Å². The molecular weight excluding hydrogens is 343 g/mol. The number of nitrogens with zero attached hydrogens (tertiary/aromatic N) is 2. The summed E-state index contributed by atoms with van der Waals surface area (Å²) in [5.41, 5.74) is 2.43. The molecule has 0 radical (unpaired) electrons. The van der Waals surface area contributed by atoms with Crippen LogP contribution in [0.2, 0.25) is 0 Å². The highest BCUT2D eigenvalue weighted by Gasteiger charge is 2.11. The van der Waals surface area contributed by atoms with Crippen molar-refractivity contribution in [3.05, 3.63) is 59.9 Å². The van der Waals surface area contributed by atoms with Gasteiger partial charge in [0.2, 0.25) is 5.95 Å². The third kappa shape index (κ3) is 4.84. The molecular formula is C21H25FN4O. The number of rotatable bonds is 8. The van der Waals surface area contributed by atoms with Crippen molar-refractivity contribution in [2.75, 3.05) is 18.4 Å². The lowest BCUT2D eigenvalue weighted by atomic mass is 10.2. The standard InChI is InChI=1S/C21H25FN4O/c1-15(2)14-26-19-10-4-3-9-18(19)25-21(26)24-12-6-11-23-20(27)16-7-5-8-17(22)13-16/h3-5,7-10,13,15H,6,11-12,14H2,1-2H3,(H,23,27)(H,24,25). The van der Waals surface area contributed by atoms with Crippen molar-refractivity contribution >= 4 is 22.9 Å². The highest BCUT2D eigenvalue weighted by molar-refractivity contribution is 5.94. The van der Waals surface area contributed by atoms with Gasteiger partial charge >= 0.3 is 0 Å². The molecule has 3 rings (SSSR count). The molecule has 0 saturated heterocycles. The molecule has 1 heterocycles. The summed E-state index contributed by atoms with van der Waals surface area (Å²) in [5, 5.41) is 6.18. The van der Waals surface area contributed by atoms with Crippen molar-refractivity contribution < 1.29 is 9.18 Å². The number of aromatic nitrogens is 2. The lowest BCUT2D eigenvalue weighted by molar-refractivity contribution is 0.0953. The van der Waals surface area contributed by atoms with Crippen LogP contribution in [-0.2, 0) is 6.54 Å². The van der Waals surface area contributed by atoms with E-state index in [2.05, 4.69) is 40.1 Å². The molecule has 0 fully saturated rings. The largest absolute Gasteiger partial charge is 0.356 e. The van der Waals surface area contributed by atoms with Crippen molar-refractivity contribution in [1.82, 2.24) is 14.9 Å². The van der Waals surface area contributed by atoms with Gasteiger partial charge in [-0.05, 0) is 42.7 Å². The number of halogens is 1. The minimum absolute atomic E-state index is 0.262. The SMILES string of the molecule is CC(C)Cn1c(NCCCNC(=O)c2cccc(F)c2)nc2ccccc21. The summed E-state index contributed by atoms with van der Waals surface area (Å²) in [5.74, 6) is 0.685. The molecule has 27 heavy (non-hydrogen) atoms. The first kappa shape index (κ1) is 18.9. The van der Waals surface area contributed by atoms with E-state index in [9.17, 15) is 9.18 Å². The molecule has 0 aliphatic carbocycles. The molecule has 1 aromatic heterocycles. The summed E-state index contributed by atoms with van der Waals surface area (Å²) in [6, 6.07) is 13.8. The molecule has 2 aromatic carbocycles. The van der Waals surface area contributed by atoms with Crippen LogP contribution in [0.5, 0.6) is 0 Å². The first-order valence-corrected chi connectivity index (χ1v) is 9.27. The van der Waals surface area contributed by atoms with Crippen LogP contribution < -0.4 is 10.6 Å². The Morgan fingerprint density at radius 2 is 1.96 bits per heavy atom. The van der Waals surface area contributed by atoms with Crippen LogP contribution in [0.4, 0.5) is 10.3 Å². The number of hydrogen-bond donors (Lipinski definition) is 2. The summed E-state index contributed by atoms with van der Waals surface area (Å²) in [6.07, 6.45) is 0.742. The predicted molar refractivity (Wildman–Crippen MR) is 106 cm³/mol. The van der Waals surface area contributed by atoms with Gasteiger partial charge in [-0.3, -0.25) is 4.79 Å². The molecule has 0 saturated carbocycles. The Hall–Kier alpha value is -2.89. The summed E-state index contributed by atoms with van der Waals surface area (Å²) >= 11 is 0. The highest BCUT2D eigenvalue weighted by Crippen LogP contribution is 2.21. The van der Waals surface area contributed by atoms with Crippen LogP contribution >= 0.6 is 0 Å². The van der Waals surface area contributed by atoms with Crippen LogP contribution in [-0.4, -0.2) is 28.5 Å². The fraction of sp³-hybridized carbons (Fsp3) is 0.333. The fourth-order valence-corrected chi connectivity index (χ4v) is 2.98. The summed E-state index contributed by atoms with van der Waals surface area (Å²) < 4.78 is 15.4. The van der Waals surface area contributed by atoms with Gasteiger partial charge in [0.1, 0.15) is 5.82 Å². The number of para-hydroxylation sites is 2. The minimum Gasteiger partial charge on any atom is -0.356 e. The average molecular weight is 368 g/mol. The molecule has 3 aromatic rings. The average Bonchev–Trinajstić information content (AvgIpc) is 2.98. The predicted octanol–water partition coefficient (Wildman–Crippen LogP) is 4.06. The third-order valence-electron chi connectivity index (χ3n) is 4.21. The van der Waals surface area contributed by atoms with Crippen molar-refractivity contribution in [2.24, 2.45) is 5.92 Å². The van der Waals surface area contributed by atoms with Gasteiger partial charge in [0, 0.05) is 25.2 Å². The Kier molecular flexibility index (Phi) is 6.06. The van der Waals surface area contributed by atoms with Crippen LogP contribution in [0.1, 0.15) is 30.6 Å². The van der Waals surface area contributed by atoms with Crippen LogP contribution in [0, 0.1) is 11.7 Å². The molecule has 0 unspecified atom stereocenters. The highest BCUT2D eigenvalue weighted by atomic mass is 19.1. The Bertz CT molecular complexity index is 919. The number of amides is 1. The Morgan fingerprint density at radius 1 is 1.15 bits per heavy atom. The van der Waals surface area contributed by atoms with E-state index in [0.29, 0.717) is 24.6 Å². The normalized spacial score (nSPS) is 11.1. The number of benzene rings is 2. The second-order valence-electron chi connectivity index (χ2n) is 6.98. The number of nitrogens with one attached hydrogen (secondary N) is 2. The summed E-state index contributed by atoms with van der Waals surface area (Å²) in [4.78, 5) is 16.7. The molecule has 142 valence electrons. The van der Waals surface area contributed by atoms with Crippen molar-refractivity contribution in [2.45, 2.75) is 26.8 Å². The van der Waals surface area contributed by atoms with E-state index in [-0.39, 0.29) is 5.91 Å². The first-order valence-electron chi connectivity index (χ1n) is 9.27. The molecule has 6 heteroatoms. The number of hydrogen-bond acceptors (Lipinski definition) is 3. The van der Waals surface area contributed by atoms with Crippen LogP contribution in [0.3, 0.4) is 0 Å². The third-order valence-corrected chi connectivity index (χ3v) is 4.21. The quantitative estimate of drug-likeness (QED) is 0.590. The first-order chi connectivity index (χ1) is 13.0. The lowest BCUT2D eigenvalue weighted by Crippen LogP contribution is -2.26. The maximum Gasteiger partial charge on any atom is 0.251 e. The second-order valence-corrected chi connectivity index (χ2v) is 6.98. The molecule has 0 bridgehead atoms. The van der Waals surface area contributed by atoms with E-state index >= 15 is 0 Å². The summed E-state index contributed by atoms with van der Waals surface area (Å²) in [7, 11) is 0. The molecule has 0 spiro atoms. The maximum atomic E-state index is 13.2. The Balaban J connectivity index is 1.54. The van der Waals surface area contributed by atoms with Gasteiger partial charge in [0.25, 0.3) is 5.91 Å². The zero-order valence-electron chi connectivity index (χ0n) is 15.7. The van der Waals surface area contributed by atoms with Gasteiger partial charge < -0.3 is 15.2 Å². The van der Waals surface area contributed by atoms with Crippen LogP contribution in [0.15, 0.2) is 48.5 Å². The van der Waals surface area contributed by atoms with Gasteiger partial charge in [0.15, 0.2) is 0 Å². The number of imidazole rings is 1. The number of carbonyl (C=O) groups excluding carboxylic acids is 1. The van der Waals surface area contributed by atoms with Crippen molar-refractivity contribution in [1.29, 1.82) is 0 Å². The molecule has 0 aliphatic heterocycles. The molecule has 0 aliphatic rings. The molecule has 5 nitrogen and oxygen atoms in total.